The zero-order valence-electron chi connectivity index (χ0n) is 14.6. The quantitative estimate of drug-likeness (QED) is 0.812. The summed E-state index contributed by atoms with van der Waals surface area (Å²) < 4.78 is 0. The van der Waals surface area contributed by atoms with Gasteiger partial charge in [-0.05, 0) is 48.9 Å². The SMILES string of the molecule is CC(=O)N1CCc2ccc(NC(=O)CCCCc3ccccc3)cc21. The molecule has 1 heterocycles. The van der Waals surface area contributed by atoms with E-state index in [0.717, 1.165) is 49.2 Å². The number of benzene rings is 2. The van der Waals surface area contributed by atoms with Gasteiger partial charge in [-0.15, -0.1) is 0 Å². The van der Waals surface area contributed by atoms with E-state index in [1.54, 1.807) is 11.8 Å². The van der Waals surface area contributed by atoms with Crippen molar-refractivity contribution in [1.82, 2.24) is 0 Å². The second-order valence-corrected chi connectivity index (χ2v) is 6.51. The van der Waals surface area contributed by atoms with E-state index in [9.17, 15) is 9.59 Å². The third-order valence-electron chi connectivity index (χ3n) is 4.61. The molecule has 4 heteroatoms. The molecule has 25 heavy (non-hydrogen) atoms. The molecule has 0 unspecified atom stereocenters. The monoisotopic (exact) mass is 336 g/mol. The van der Waals surface area contributed by atoms with Crippen molar-refractivity contribution in [2.75, 3.05) is 16.8 Å². The van der Waals surface area contributed by atoms with Crippen LogP contribution in [0.5, 0.6) is 0 Å². The number of aryl methyl sites for hydroxylation is 1. The highest BCUT2D eigenvalue weighted by Crippen LogP contribution is 2.30. The van der Waals surface area contributed by atoms with E-state index in [1.165, 1.54) is 5.56 Å². The maximum atomic E-state index is 12.1. The van der Waals surface area contributed by atoms with Crippen LogP contribution in [0.1, 0.15) is 37.3 Å². The van der Waals surface area contributed by atoms with Crippen LogP contribution in [0.3, 0.4) is 0 Å². The molecule has 2 aromatic rings. The normalized spacial score (nSPS) is 12.8. The summed E-state index contributed by atoms with van der Waals surface area (Å²) in [6.45, 7) is 2.30. The second kappa shape index (κ2) is 7.97. The summed E-state index contributed by atoms with van der Waals surface area (Å²) in [5.41, 5.74) is 4.16. The molecule has 1 aliphatic heterocycles. The highest BCUT2D eigenvalue weighted by molar-refractivity contribution is 5.96. The molecule has 0 radical (unpaired) electrons. The molecule has 0 saturated carbocycles. The molecule has 0 aliphatic carbocycles. The topological polar surface area (TPSA) is 49.4 Å². The van der Waals surface area contributed by atoms with Crippen molar-refractivity contribution in [2.45, 2.75) is 39.0 Å². The van der Waals surface area contributed by atoms with Crippen LogP contribution < -0.4 is 10.2 Å². The van der Waals surface area contributed by atoms with Crippen molar-refractivity contribution in [3.8, 4) is 0 Å². The minimum atomic E-state index is 0.0281. The third kappa shape index (κ3) is 4.47. The average molecular weight is 336 g/mol. The van der Waals surface area contributed by atoms with Crippen molar-refractivity contribution in [3.63, 3.8) is 0 Å². The van der Waals surface area contributed by atoms with Gasteiger partial charge in [0.25, 0.3) is 0 Å². The maximum Gasteiger partial charge on any atom is 0.224 e. The molecular weight excluding hydrogens is 312 g/mol. The molecule has 1 aliphatic rings. The van der Waals surface area contributed by atoms with Crippen LogP contribution >= 0.6 is 0 Å². The molecule has 0 spiro atoms. The summed E-state index contributed by atoms with van der Waals surface area (Å²) in [4.78, 5) is 25.6. The van der Waals surface area contributed by atoms with Gasteiger partial charge < -0.3 is 10.2 Å². The molecule has 0 fully saturated rings. The lowest BCUT2D eigenvalue weighted by atomic mass is 10.1. The van der Waals surface area contributed by atoms with E-state index in [1.807, 2.05) is 36.4 Å². The molecule has 2 amide bonds. The Labute approximate surface area is 148 Å². The van der Waals surface area contributed by atoms with Gasteiger partial charge in [-0.3, -0.25) is 9.59 Å². The van der Waals surface area contributed by atoms with E-state index < -0.39 is 0 Å². The van der Waals surface area contributed by atoms with Crippen LogP contribution in [-0.4, -0.2) is 18.4 Å². The van der Waals surface area contributed by atoms with Crippen LogP contribution in [0.2, 0.25) is 0 Å². The molecule has 1 N–H and O–H groups in total. The molecular formula is C21H24N2O2. The summed E-state index contributed by atoms with van der Waals surface area (Å²) in [6.07, 6.45) is 4.26. The molecule has 2 aromatic carbocycles. The van der Waals surface area contributed by atoms with Crippen LogP contribution in [-0.2, 0) is 22.4 Å². The van der Waals surface area contributed by atoms with Crippen molar-refractivity contribution >= 4 is 23.2 Å². The fraction of sp³-hybridized carbons (Fsp3) is 0.333. The van der Waals surface area contributed by atoms with Gasteiger partial charge in [0.15, 0.2) is 0 Å². The molecule has 130 valence electrons. The number of amides is 2. The van der Waals surface area contributed by atoms with Gasteiger partial charge in [0, 0.05) is 31.3 Å². The summed E-state index contributed by atoms with van der Waals surface area (Å²) in [5, 5.41) is 2.95. The number of nitrogens with one attached hydrogen (secondary N) is 1. The highest BCUT2D eigenvalue weighted by atomic mass is 16.2. The number of fused-ring (bicyclic) bond motifs is 1. The fourth-order valence-electron chi connectivity index (χ4n) is 3.27. The Morgan fingerprint density at radius 2 is 1.88 bits per heavy atom. The molecule has 0 aromatic heterocycles. The standard InChI is InChI=1S/C21H24N2O2/c1-16(24)23-14-13-18-11-12-19(15-20(18)23)22-21(25)10-6-5-9-17-7-3-2-4-8-17/h2-4,7-8,11-12,15H,5-6,9-10,13-14H2,1H3,(H,22,25). The lowest BCUT2D eigenvalue weighted by Gasteiger charge is -2.15. The van der Waals surface area contributed by atoms with Crippen LogP contribution in [0.4, 0.5) is 11.4 Å². The Balaban J connectivity index is 1.48. The summed E-state index contributed by atoms with van der Waals surface area (Å²) in [6, 6.07) is 16.2. The predicted octanol–water partition coefficient (Wildman–Crippen LogP) is 3.95. The number of hydrogen-bond acceptors (Lipinski definition) is 2. The molecule has 4 nitrogen and oxygen atoms in total. The fourth-order valence-corrected chi connectivity index (χ4v) is 3.27. The number of unbranched alkanes of at least 4 members (excludes halogenated alkanes) is 1. The lowest BCUT2D eigenvalue weighted by molar-refractivity contribution is -0.117. The van der Waals surface area contributed by atoms with Gasteiger partial charge in [-0.2, -0.15) is 0 Å². The lowest BCUT2D eigenvalue weighted by Crippen LogP contribution is -2.25. The summed E-state index contributed by atoms with van der Waals surface area (Å²) in [7, 11) is 0. The Bertz CT molecular complexity index is 756. The summed E-state index contributed by atoms with van der Waals surface area (Å²) in [5.74, 6) is 0.0727. The summed E-state index contributed by atoms with van der Waals surface area (Å²) >= 11 is 0. The number of rotatable bonds is 6. The van der Waals surface area contributed by atoms with Crippen molar-refractivity contribution < 1.29 is 9.59 Å². The smallest absolute Gasteiger partial charge is 0.224 e. The van der Waals surface area contributed by atoms with Gasteiger partial charge in [0.2, 0.25) is 11.8 Å². The van der Waals surface area contributed by atoms with E-state index in [2.05, 4.69) is 17.4 Å². The van der Waals surface area contributed by atoms with E-state index in [0.29, 0.717) is 6.42 Å². The van der Waals surface area contributed by atoms with E-state index in [4.69, 9.17) is 0 Å². The van der Waals surface area contributed by atoms with Gasteiger partial charge in [0.05, 0.1) is 0 Å². The Kier molecular flexibility index (Phi) is 5.49. The zero-order valence-corrected chi connectivity index (χ0v) is 14.6. The number of carbonyl (C=O) groups is 2. The van der Waals surface area contributed by atoms with Crippen molar-refractivity contribution in [2.24, 2.45) is 0 Å². The van der Waals surface area contributed by atoms with Crippen molar-refractivity contribution in [1.29, 1.82) is 0 Å². The number of carbonyl (C=O) groups excluding carboxylic acids is 2. The average Bonchev–Trinajstić information content (AvgIpc) is 3.03. The first kappa shape index (κ1) is 17.2. The van der Waals surface area contributed by atoms with E-state index >= 15 is 0 Å². The van der Waals surface area contributed by atoms with Gasteiger partial charge >= 0.3 is 0 Å². The minimum absolute atomic E-state index is 0.0281. The number of hydrogen-bond donors (Lipinski definition) is 1. The Morgan fingerprint density at radius 3 is 2.64 bits per heavy atom. The largest absolute Gasteiger partial charge is 0.326 e. The second-order valence-electron chi connectivity index (χ2n) is 6.51. The number of nitrogens with zero attached hydrogens (tertiary/aromatic N) is 1. The van der Waals surface area contributed by atoms with Gasteiger partial charge in [0.1, 0.15) is 0 Å². The molecule has 0 bridgehead atoms. The Morgan fingerprint density at radius 1 is 1.08 bits per heavy atom. The van der Waals surface area contributed by atoms with Gasteiger partial charge in [-0.1, -0.05) is 36.4 Å². The van der Waals surface area contributed by atoms with Crippen LogP contribution in [0, 0.1) is 0 Å². The Hall–Kier alpha value is -2.62. The minimum Gasteiger partial charge on any atom is -0.326 e. The van der Waals surface area contributed by atoms with Crippen molar-refractivity contribution in [3.05, 3.63) is 59.7 Å². The van der Waals surface area contributed by atoms with Crippen LogP contribution in [0.25, 0.3) is 0 Å². The molecule has 0 saturated heterocycles. The molecule has 0 atom stereocenters. The van der Waals surface area contributed by atoms with Gasteiger partial charge in [-0.25, -0.2) is 0 Å². The first-order chi connectivity index (χ1) is 12.1. The molecule has 3 rings (SSSR count). The number of anilines is 2. The highest BCUT2D eigenvalue weighted by Gasteiger charge is 2.22. The van der Waals surface area contributed by atoms with Crippen LogP contribution in [0.15, 0.2) is 48.5 Å². The maximum absolute atomic E-state index is 12.1. The first-order valence-electron chi connectivity index (χ1n) is 8.88. The third-order valence-corrected chi connectivity index (χ3v) is 4.61. The first-order valence-corrected chi connectivity index (χ1v) is 8.88. The van der Waals surface area contributed by atoms with E-state index in [-0.39, 0.29) is 11.8 Å². The zero-order chi connectivity index (χ0) is 17.6. The predicted molar refractivity (Wildman–Crippen MR) is 101 cm³/mol.